The van der Waals surface area contributed by atoms with Gasteiger partial charge in [0.2, 0.25) is 5.91 Å². The van der Waals surface area contributed by atoms with Gasteiger partial charge < -0.3 is 16.0 Å². The predicted molar refractivity (Wildman–Crippen MR) is 112 cm³/mol. The van der Waals surface area contributed by atoms with Gasteiger partial charge in [-0.05, 0) is 44.9 Å². The van der Waals surface area contributed by atoms with Crippen molar-refractivity contribution in [2.75, 3.05) is 19.6 Å². The minimum atomic E-state index is -4.32. The lowest BCUT2D eigenvalue weighted by Crippen LogP contribution is -2.38. The molecule has 0 aromatic heterocycles. The van der Waals surface area contributed by atoms with Gasteiger partial charge in [0.15, 0.2) is 5.96 Å². The molecule has 0 aliphatic heterocycles. The summed E-state index contributed by atoms with van der Waals surface area (Å²) in [6.07, 6.45) is -3.45. The first-order chi connectivity index (χ1) is 12.2. The van der Waals surface area contributed by atoms with Crippen molar-refractivity contribution < 1.29 is 18.0 Å². The normalized spacial score (nSPS) is 11.7. The van der Waals surface area contributed by atoms with Crippen LogP contribution in [0, 0.1) is 0 Å². The van der Waals surface area contributed by atoms with Crippen LogP contribution in [-0.2, 0) is 17.4 Å². The number of carbonyl (C=O) groups excluding carboxylic acids is 1. The zero-order valence-electron chi connectivity index (χ0n) is 15.8. The van der Waals surface area contributed by atoms with E-state index in [4.69, 9.17) is 0 Å². The van der Waals surface area contributed by atoms with Crippen LogP contribution >= 0.6 is 24.0 Å². The first kappa shape index (κ1) is 25.5. The van der Waals surface area contributed by atoms with Crippen molar-refractivity contribution in [1.82, 2.24) is 16.0 Å². The Kier molecular flexibility index (Phi) is 12.1. The fourth-order valence-electron chi connectivity index (χ4n) is 2.19. The Morgan fingerprint density at radius 2 is 1.78 bits per heavy atom. The van der Waals surface area contributed by atoms with Crippen molar-refractivity contribution in [1.29, 1.82) is 0 Å². The van der Waals surface area contributed by atoms with Crippen LogP contribution in [0.4, 0.5) is 13.2 Å². The van der Waals surface area contributed by atoms with Crippen molar-refractivity contribution in [2.24, 2.45) is 4.99 Å². The van der Waals surface area contributed by atoms with E-state index in [1.165, 1.54) is 12.1 Å². The van der Waals surface area contributed by atoms with Gasteiger partial charge in [-0.3, -0.25) is 9.79 Å². The second kappa shape index (κ2) is 12.8. The van der Waals surface area contributed by atoms with Gasteiger partial charge in [0, 0.05) is 25.6 Å². The number of hydrogen-bond donors (Lipinski definition) is 3. The standard InChI is InChI=1S/C18H27F3N4O.HI/c1-4-22-17(24-12-10-16(26)25-13(2)3)23-11-9-14-5-7-15(8-6-14)18(19,20)21;/h5-8,13H,4,9-12H2,1-3H3,(H,25,26)(H2,22,23,24);1H. The SMILES string of the molecule is CCNC(=NCCC(=O)NC(C)C)NCCc1ccc(C(F)(F)F)cc1.I. The van der Waals surface area contributed by atoms with Crippen LogP contribution in [0.1, 0.15) is 38.3 Å². The van der Waals surface area contributed by atoms with E-state index in [1.807, 2.05) is 20.8 Å². The second-order valence-corrected chi connectivity index (χ2v) is 6.10. The first-order valence-electron chi connectivity index (χ1n) is 8.70. The van der Waals surface area contributed by atoms with E-state index in [9.17, 15) is 18.0 Å². The number of nitrogens with one attached hydrogen (secondary N) is 3. The maximum absolute atomic E-state index is 12.5. The molecule has 9 heteroatoms. The van der Waals surface area contributed by atoms with Gasteiger partial charge in [-0.2, -0.15) is 13.2 Å². The molecule has 0 radical (unpaired) electrons. The summed E-state index contributed by atoms with van der Waals surface area (Å²) in [7, 11) is 0. The molecular formula is C18H28F3IN4O. The molecule has 1 aromatic carbocycles. The molecule has 0 heterocycles. The van der Waals surface area contributed by atoms with Crippen LogP contribution in [0.15, 0.2) is 29.3 Å². The van der Waals surface area contributed by atoms with Gasteiger partial charge >= 0.3 is 6.18 Å². The summed E-state index contributed by atoms with van der Waals surface area (Å²) in [5.41, 5.74) is 0.154. The van der Waals surface area contributed by atoms with Crippen LogP contribution in [0.5, 0.6) is 0 Å². The third kappa shape index (κ3) is 11.0. The van der Waals surface area contributed by atoms with Crippen molar-refractivity contribution in [3.8, 4) is 0 Å². The molecule has 1 aromatic rings. The van der Waals surface area contributed by atoms with Gasteiger partial charge in [-0.1, -0.05) is 12.1 Å². The van der Waals surface area contributed by atoms with Crippen LogP contribution < -0.4 is 16.0 Å². The third-order valence-corrected chi connectivity index (χ3v) is 3.39. The smallest absolute Gasteiger partial charge is 0.357 e. The quantitative estimate of drug-likeness (QED) is 0.292. The molecule has 0 aliphatic carbocycles. The largest absolute Gasteiger partial charge is 0.416 e. The Morgan fingerprint density at radius 1 is 1.15 bits per heavy atom. The highest BCUT2D eigenvalue weighted by Crippen LogP contribution is 2.29. The summed E-state index contributed by atoms with van der Waals surface area (Å²) in [6.45, 7) is 7.27. The molecule has 1 rings (SSSR count). The number of hydrogen-bond acceptors (Lipinski definition) is 2. The molecular weight excluding hydrogens is 472 g/mol. The molecule has 0 fully saturated rings. The van der Waals surface area contributed by atoms with E-state index in [0.717, 1.165) is 17.7 Å². The van der Waals surface area contributed by atoms with E-state index in [1.54, 1.807) is 0 Å². The second-order valence-electron chi connectivity index (χ2n) is 6.10. The zero-order valence-corrected chi connectivity index (χ0v) is 18.2. The molecule has 0 saturated heterocycles. The number of amides is 1. The van der Waals surface area contributed by atoms with E-state index < -0.39 is 11.7 Å². The van der Waals surface area contributed by atoms with Crippen molar-refractivity contribution in [3.63, 3.8) is 0 Å². The Labute approximate surface area is 175 Å². The van der Waals surface area contributed by atoms with Gasteiger partial charge in [-0.15, -0.1) is 24.0 Å². The highest BCUT2D eigenvalue weighted by Gasteiger charge is 2.29. The number of halogens is 4. The van der Waals surface area contributed by atoms with Crippen molar-refractivity contribution in [3.05, 3.63) is 35.4 Å². The van der Waals surface area contributed by atoms with E-state index in [0.29, 0.717) is 38.4 Å². The number of alkyl halides is 3. The lowest BCUT2D eigenvalue weighted by molar-refractivity contribution is -0.137. The lowest BCUT2D eigenvalue weighted by atomic mass is 10.1. The maximum Gasteiger partial charge on any atom is 0.416 e. The summed E-state index contributed by atoms with van der Waals surface area (Å²) in [5.74, 6) is 0.529. The Balaban J connectivity index is 0.00000676. The minimum Gasteiger partial charge on any atom is -0.357 e. The van der Waals surface area contributed by atoms with Gasteiger partial charge in [0.1, 0.15) is 0 Å². The summed E-state index contributed by atoms with van der Waals surface area (Å²) in [5, 5.41) is 8.98. The average Bonchev–Trinajstić information content (AvgIpc) is 2.54. The Morgan fingerprint density at radius 3 is 2.30 bits per heavy atom. The molecule has 1 amide bonds. The molecule has 0 bridgehead atoms. The van der Waals surface area contributed by atoms with Crippen LogP contribution in [0.3, 0.4) is 0 Å². The number of nitrogens with zero attached hydrogens (tertiary/aromatic N) is 1. The average molecular weight is 500 g/mol. The van der Waals surface area contributed by atoms with Crippen molar-refractivity contribution in [2.45, 2.75) is 45.8 Å². The number of rotatable bonds is 8. The number of carbonyl (C=O) groups is 1. The molecule has 5 nitrogen and oxygen atoms in total. The van der Waals surface area contributed by atoms with E-state index >= 15 is 0 Å². The zero-order chi connectivity index (χ0) is 19.6. The lowest BCUT2D eigenvalue weighted by Gasteiger charge is -2.12. The Bertz CT molecular complexity index is 589. The monoisotopic (exact) mass is 500 g/mol. The summed E-state index contributed by atoms with van der Waals surface area (Å²) in [4.78, 5) is 15.9. The van der Waals surface area contributed by atoms with Crippen LogP contribution in [-0.4, -0.2) is 37.5 Å². The summed E-state index contributed by atoms with van der Waals surface area (Å²) >= 11 is 0. The molecule has 0 saturated carbocycles. The van der Waals surface area contributed by atoms with Gasteiger partial charge in [-0.25, -0.2) is 0 Å². The van der Waals surface area contributed by atoms with Crippen LogP contribution in [0.25, 0.3) is 0 Å². The van der Waals surface area contributed by atoms with Crippen LogP contribution in [0.2, 0.25) is 0 Å². The fraction of sp³-hybridized carbons (Fsp3) is 0.556. The molecule has 0 aliphatic rings. The number of guanidine groups is 1. The van der Waals surface area contributed by atoms with E-state index in [-0.39, 0.29) is 35.9 Å². The molecule has 0 unspecified atom stereocenters. The molecule has 3 N–H and O–H groups in total. The predicted octanol–water partition coefficient (Wildman–Crippen LogP) is 3.34. The maximum atomic E-state index is 12.5. The summed E-state index contributed by atoms with van der Waals surface area (Å²) in [6, 6.07) is 5.22. The molecule has 0 spiro atoms. The van der Waals surface area contributed by atoms with Gasteiger partial charge in [0.05, 0.1) is 12.1 Å². The highest BCUT2D eigenvalue weighted by atomic mass is 127. The molecule has 154 valence electrons. The third-order valence-electron chi connectivity index (χ3n) is 3.39. The molecule has 0 atom stereocenters. The minimum absolute atomic E-state index is 0. The first-order valence-corrected chi connectivity index (χ1v) is 8.70. The topological polar surface area (TPSA) is 65.5 Å². The number of benzene rings is 1. The molecule has 27 heavy (non-hydrogen) atoms. The van der Waals surface area contributed by atoms with E-state index in [2.05, 4.69) is 20.9 Å². The van der Waals surface area contributed by atoms with Gasteiger partial charge in [0.25, 0.3) is 0 Å². The Hall–Kier alpha value is -1.52. The fourth-order valence-corrected chi connectivity index (χ4v) is 2.19. The number of aliphatic imine (C=N–C) groups is 1. The highest BCUT2D eigenvalue weighted by molar-refractivity contribution is 14.0. The van der Waals surface area contributed by atoms with Crippen molar-refractivity contribution >= 4 is 35.8 Å². The summed E-state index contributed by atoms with van der Waals surface area (Å²) < 4.78 is 37.6.